The maximum absolute atomic E-state index is 13.3. The lowest BCUT2D eigenvalue weighted by Crippen LogP contribution is -2.43. The molecule has 3 aromatic rings. The van der Waals surface area contributed by atoms with E-state index >= 15 is 0 Å². The summed E-state index contributed by atoms with van der Waals surface area (Å²) in [5.74, 6) is 0.375. The molecule has 1 aliphatic heterocycles. The highest BCUT2D eigenvalue weighted by Gasteiger charge is 2.40. The minimum Gasteiger partial charge on any atom is -0.493 e. The first-order valence-electron chi connectivity index (χ1n) is 10.3. The summed E-state index contributed by atoms with van der Waals surface area (Å²) in [7, 11) is -0.966. The van der Waals surface area contributed by atoms with Crippen molar-refractivity contribution in [2.45, 2.75) is 37.1 Å². The minimum atomic E-state index is -3.90. The largest absolute Gasteiger partial charge is 0.493 e. The third-order valence-electron chi connectivity index (χ3n) is 5.56. The van der Waals surface area contributed by atoms with E-state index in [9.17, 15) is 13.2 Å². The number of ether oxygens (including phenoxy) is 2. The van der Waals surface area contributed by atoms with Gasteiger partial charge in [0.2, 0.25) is 15.9 Å². The number of hydrogen-bond acceptors (Lipinski definition) is 7. The van der Waals surface area contributed by atoms with Gasteiger partial charge in [0.1, 0.15) is 6.04 Å². The zero-order valence-corrected chi connectivity index (χ0v) is 19.8. The van der Waals surface area contributed by atoms with Crippen LogP contribution in [0.25, 0.3) is 10.2 Å². The Morgan fingerprint density at radius 1 is 1.19 bits per heavy atom. The van der Waals surface area contributed by atoms with Crippen molar-refractivity contribution in [3.8, 4) is 11.5 Å². The number of methoxy groups -OCH3 is 2. The quantitative estimate of drug-likeness (QED) is 0.560. The number of carbonyl (C=O) groups excluding carboxylic acids is 1. The molecule has 1 unspecified atom stereocenters. The fourth-order valence-electron chi connectivity index (χ4n) is 3.83. The van der Waals surface area contributed by atoms with Crippen molar-refractivity contribution in [3.63, 3.8) is 0 Å². The number of carbonyl (C=O) groups is 1. The van der Waals surface area contributed by atoms with Gasteiger partial charge in [0.05, 0.1) is 29.3 Å². The molecule has 32 heavy (non-hydrogen) atoms. The van der Waals surface area contributed by atoms with Crippen LogP contribution < -0.4 is 14.8 Å². The number of hydrogen-bond donors (Lipinski definition) is 1. The maximum atomic E-state index is 13.3. The molecule has 8 nitrogen and oxygen atoms in total. The summed E-state index contributed by atoms with van der Waals surface area (Å²) in [4.78, 5) is 17.6. The normalized spacial score (nSPS) is 16.9. The molecule has 1 N–H and O–H groups in total. The van der Waals surface area contributed by atoms with Gasteiger partial charge in [-0.3, -0.25) is 4.79 Å². The fourth-order valence-corrected chi connectivity index (χ4v) is 6.44. The molecule has 1 fully saturated rings. The molecule has 2 heterocycles. The van der Waals surface area contributed by atoms with E-state index < -0.39 is 16.1 Å². The van der Waals surface area contributed by atoms with Crippen LogP contribution >= 0.6 is 11.3 Å². The SMILES string of the molecule is CCc1ccc2nc(NC(=O)C3CCCN3S(=O)(=O)c3ccc(OC)c(OC)c3)sc2c1. The van der Waals surface area contributed by atoms with Gasteiger partial charge >= 0.3 is 0 Å². The third kappa shape index (κ3) is 4.17. The Bertz CT molecular complexity index is 1260. The van der Waals surface area contributed by atoms with Crippen LogP contribution in [0.2, 0.25) is 0 Å². The molecule has 10 heteroatoms. The monoisotopic (exact) mass is 475 g/mol. The molecule has 170 valence electrons. The molecular formula is C22H25N3O5S2. The number of anilines is 1. The molecule has 1 aromatic heterocycles. The van der Waals surface area contributed by atoms with Gasteiger partial charge in [-0.15, -0.1) is 0 Å². The van der Waals surface area contributed by atoms with E-state index in [-0.39, 0.29) is 17.3 Å². The van der Waals surface area contributed by atoms with Crippen molar-refractivity contribution < 1.29 is 22.7 Å². The summed E-state index contributed by atoms with van der Waals surface area (Å²) in [6, 6.07) is 9.63. The van der Waals surface area contributed by atoms with E-state index in [0.717, 1.165) is 16.6 Å². The first-order valence-corrected chi connectivity index (χ1v) is 12.6. The number of aromatic nitrogens is 1. The zero-order valence-electron chi connectivity index (χ0n) is 18.1. The van der Waals surface area contributed by atoms with Gasteiger partial charge in [0, 0.05) is 12.6 Å². The van der Waals surface area contributed by atoms with Gasteiger partial charge in [-0.2, -0.15) is 4.31 Å². The second-order valence-electron chi connectivity index (χ2n) is 7.45. The lowest BCUT2D eigenvalue weighted by Gasteiger charge is -2.23. The van der Waals surface area contributed by atoms with E-state index in [4.69, 9.17) is 9.47 Å². The summed E-state index contributed by atoms with van der Waals surface area (Å²) in [5.41, 5.74) is 2.01. The Morgan fingerprint density at radius 2 is 1.97 bits per heavy atom. The summed E-state index contributed by atoms with van der Waals surface area (Å²) in [6.07, 6.45) is 1.97. The highest BCUT2D eigenvalue weighted by Crippen LogP contribution is 2.34. The third-order valence-corrected chi connectivity index (χ3v) is 8.40. The number of nitrogens with zero attached hydrogens (tertiary/aromatic N) is 2. The summed E-state index contributed by atoms with van der Waals surface area (Å²) in [5, 5.41) is 3.29. The lowest BCUT2D eigenvalue weighted by atomic mass is 10.2. The number of fused-ring (bicyclic) bond motifs is 1. The molecule has 1 amide bonds. The van der Waals surface area contributed by atoms with Crippen LogP contribution in [0.1, 0.15) is 25.3 Å². The second-order valence-corrected chi connectivity index (χ2v) is 10.4. The first-order chi connectivity index (χ1) is 15.4. The van der Waals surface area contributed by atoms with E-state index in [2.05, 4.69) is 23.3 Å². The highest BCUT2D eigenvalue weighted by molar-refractivity contribution is 7.89. The Balaban J connectivity index is 1.57. The first kappa shape index (κ1) is 22.5. The van der Waals surface area contributed by atoms with Crippen LogP contribution in [0, 0.1) is 0 Å². The summed E-state index contributed by atoms with van der Waals surface area (Å²) < 4.78 is 39.3. The van der Waals surface area contributed by atoms with E-state index in [1.165, 1.54) is 47.6 Å². The molecule has 0 spiro atoms. The fraction of sp³-hybridized carbons (Fsp3) is 0.364. The molecule has 1 aliphatic rings. The van der Waals surface area contributed by atoms with E-state index in [1.807, 2.05) is 12.1 Å². The number of rotatable bonds is 7. The topological polar surface area (TPSA) is 97.8 Å². The average molecular weight is 476 g/mol. The van der Waals surface area contributed by atoms with E-state index in [1.54, 1.807) is 6.07 Å². The van der Waals surface area contributed by atoms with Crippen molar-refractivity contribution in [1.29, 1.82) is 0 Å². The van der Waals surface area contributed by atoms with Crippen LogP contribution in [0.4, 0.5) is 5.13 Å². The number of sulfonamides is 1. The van der Waals surface area contributed by atoms with Crippen molar-refractivity contribution in [3.05, 3.63) is 42.0 Å². The van der Waals surface area contributed by atoms with Crippen LogP contribution in [0.15, 0.2) is 41.3 Å². The number of amides is 1. The molecule has 4 rings (SSSR count). The Kier molecular flexibility index (Phi) is 6.36. The van der Waals surface area contributed by atoms with Crippen molar-refractivity contribution >= 4 is 42.6 Å². The van der Waals surface area contributed by atoms with Crippen LogP contribution in [0.3, 0.4) is 0 Å². The number of benzene rings is 2. The smallest absolute Gasteiger partial charge is 0.244 e. The minimum absolute atomic E-state index is 0.0573. The van der Waals surface area contributed by atoms with E-state index in [0.29, 0.717) is 29.5 Å². The van der Waals surface area contributed by atoms with Gasteiger partial charge in [-0.05, 0) is 49.1 Å². The predicted octanol–water partition coefficient (Wildman–Crippen LogP) is 3.67. The molecule has 0 saturated carbocycles. The van der Waals surface area contributed by atoms with Crippen molar-refractivity contribution in [1.82, 2.24) is 9.29 Å². The van der Waals surface area contributed by atoms with Gasteiger partial charge in [0.25, 0.3) is 0 Å². The van der Waals surface area contributed by atoms with Gasteiger partial charge in [-0.1, -0.05) is 24.3 Å². The average Bonchev–Trinajstić information content (AvgIpc) is 3.45. The standard InChI is InChI=1S/C22H25N3O5S2/c1-4-14-7-9-16-20(12-14)31-22(23-16)24-21(26)17-6-5-11-25(17)32(27,28)15-8-10-18(29-2)19(13-15)30-3/h7-10,12-13,17H,4-6,11H2,1-3H3,(H,23,24,26). The summed E-state index contributed by atoms with van der Waals surface area (Å²) >= 11 is 1.39. The number of aryl methyl sites for hydroxylation is 1. The molecule has 0 bridgehead atoms. The van der Waals surface area contributed by atoms with Gasteiger partial charge in [-0.25, -0.2) is 13.4 Å². The Morgan fingerprint density at radius 3 is 2.69 bits per heavy atom. The lowest BCUT2D eigenvalue weighted by molar-refractivity contribution is -0.119. The Labute approximate surface area is 191 Å². The van der Waals surface area contributed by atoms with Crippen molar-refractivity contribution in [2.75, 3.05) is 26.1 Å². The second kappa shape index (κ2) is 9.05. The summed E-state index contributed by atoms with van der Waals surface area (Å²) in [6.45, 7) is 2.35. The van der Waals surface area contributed by atoms with Gasteiger partial charge in [0.15, 0.2) is 16.6 Å². The molecule has 0 radical (unpaired) electrons. The molecular weight excluding hydrogens is 450 g/mol. The number of nitrogens with one attached hydrogen (secondary N) is 1. The molecule has 2 aromatic carbocycles. The van der Waals surface area contributed by atoms with Crippen LogP contribution in [0.5, 0.6) is 11.5 Å². The number of thiazole rings is 1. The zero-order chi connectivity index (χ0) is 22.9. The van der Waals surface area contributed by atoms with Crippen LogP contribution in [-0.2, 0) is 21.2 Å². The Hall–Kier alpha value is -2.69. The van der Waals surface area contributed by atoms with Gasteiger partial charge < -0.3 is 14.8 Å². The highest BCUT2D eigenvalue weighted by atomic mass is 32.2. The maximum Gasteiger partial charge on any atom is 0.244 e. The molecule has 1 atom stereocenters. The predicted molar refractivity (Wildman–Crippen MR) is 124 cm³/mol. The van der Waals surface area contributed by atoms with Crippen molar-refractivity contribution in [2.24, 2.45) is 0 Å². The van der Waals surface area contributed by atoms with Crippen LogP contribution in [-0.4, -0.2) is 50.4 Å². The molecule has 1 saturated heterocycles. The molecule has 0 aliphatic carbocycles.